The lowest BCUT2D eigenvalue weighted by Crippen LogP contribution is -2.20. The Morgan fingerprint density at radius 3 is 2.53 bits per heavy atom. The number of pyridine rings is 1. The van der Waals surface area contributed by atoms with Crippen LogP contribution in [0.2, 0.25) is 10.0 Å². The van der Waals surface area contributed by atoms with Gasteiger partial charge in [0.05, 0.1) is 33.7 Å². The minimum absolute atomic E-state index is 0.201. The smallest absolute Gasteiger partial charge is 0.264 e. The van der Waals surface area contributed by atoms with E-state index in [1.54, 1.807) is 43.3 Å². The minimum atomic E-state index is -0.449. The number of aromatic nitrogens is 3. The molecule has 0 radical (unpaired) electrons. The number of carbonyl (C=O) groups excluding carboxylic acids is 1. The highest BCUT2D eigenvalue weighted by Gasteiger charge is 2.16. The highest BCUT2D eigenvalue weighted by molar-refractivity contribution is 6.34. The molecule has 0 aliphatic heterocycles. The minimum Gasteiger partial charge on any atom is -0.324 e. The van der Waals surface area contributed by atoms with Crippen LogP contribution in [0.4, 0.5) is 5.69 Å². The van der Waals surface area contributed by atoms with Crippen LogP contribution in [0.3, 0.4) is 0 Å². The van der Waals surface area contributed by atoms with E-state index >= 15 is 0 Å². The average Bonchev–Trinajstić information content (AvgIpc) is 3.26. The Bertz CT molecular complexity index is 1580. The van der Waals surface area contributed by atoms with Gasteiger partial charge in [-0.05, 0) is 30.3 Å². The van der Waals surface area contributed by atoms with Crippen molar-refractivity contribution < 1.29 is 4.79 Å². The fourth-order valence-electron chi connectivity index (χ4n) is 3.47. The third-order valence-corrected chi connectivity index (χ3v) is 5.69. The van der Waals surface area contributed by atoms with Gasteiger partial charge in [-0.1, -0.05) is 36.2 Å². The van der Waals surface area contributed by atoms with Gasteiger partial charge in [0, 0.05) is 46.5 Å². The summed E-state index contributed by atoms with van der Waals surface area (Å²) in [5.41, 5.74) is 2.21. The predicted octanol–water partition coefficient (Wildman–Crippen LogP) is 4.71. The number of amides is 1. The zero-order chi connectivity index (χ0) is 24.4. The van der Waals surface area contributed by atoms with Crippen molar-refractivity contribution in [3.05, 3.63) is 91.0 Å². The molecule has 0 saturated carbocycles. The molecule has 170 valence electrons. The maximum atomic E-state index is 13.2. The normalized spacial score (nSPS) is 10.6. The van der Waals surface area contributed by atoms with Crippen molar-refractivity contribution in [2.75, 3.05) is 5.32 Å². The quantitative estimate of drug-likeness (QED) is 0.372. The predicted molar refractivity (Wildman–Crippen MR) is 132 cm³/mol. The first-order valence-corrected chi connectivity index (χ1v) is 10.9. The van der Waals surface area contributed by atoms with Crippen LogP contribution in [0.15, 0.2) is 64.3 Å². The second kappa shape index (κ2) is 9.43. The van der Waals surface area contributed by atoms with E-state index in [1.165, 1.54) is 22.9 Å². The third-order valence-electron chi connectivity index (χ3n) is 5.16. The molecule has 0 saturated heterocycles. The van der Waals surface area contributed by atoms with E-state index in [0.717, 1.165) is 0 Å². The van der Waals surface area contributed by atoms with Gasteiger partial charge in [-0.15, -0.1) is 0 Å². The van der Waals surface area contributed by atoms with Gasteiger partial charge < -0.3 is 5.32 Å². The van der Waals surface area contributed by atoms with Crippen molar-refractivity contribution in [3.8, 4) is 34.1 Å². The SMILES string of the molecule is CCC(=O)Nc1ccc(-c2cc(=O)[nH][nH]2)cc1-n1cc(Cl)c(-c2cc(Cl)ccc2C#N)cc1=O. The molecule has 10 heteroatoms. The van der Waals surface area contributed by atoms with Crippen LogP contribution in [0.25, 0.3) is 28.1 Å². The van der Waals surface area contributed by atoms with Crippen LogP contribution in [0.5, 0.6) is 0 Å². The molecule has 2 heterocycles. The molecule has 0 aliphatic rings. The largest absolute Gasteiger partial charge is 0.324 e. The standard InChI is InChI=1S/C24H17Cl2N5O3/c1-2-22(32)28-19-6-4-13(20-10-23(33)30-29-20)7-21(19)31-12-18(26)17(9-24(31)34)16-8-15(25)5-3-14(16)11-27/h3-10,12H,2H2,1H3,(H,28,32)(H2,29,30,33). The van der Waals surface area contributed by atoms with Crippen molar-refractivity contribution in [2.45, 2.75) is 13.3 Å². The van der Waals surface area contributed by atoms with Crippen LogP contribution < -0.4 is 16.4 Å². The molecule has 2 aromatic heterocycles. The summed E-state index contributed by atoms with van der Waals surface area (Å²) in [6.45, 7) is 1.71. The summed E-state index contributed by atoms with van der Waals surface area (Å²) in [6.07, 6.45) is 1.66. The lowest BCUT2D eigenvalue weighted by molar-refractivity contribution is -0.115. The van der Waals surface area contributed by atoms with Gasteiger partial charge in [0.1, 0.15) is 0 Å². The summed E-state index contributed by atoms with van der Waals surface area (Å²) >= 11 is 12.7. The van der Waals surface area contributed by atoms with E-state index in [9.17, 15) is 19.6 Å². The zero-order valence-corrected chi connectivity index (χ0v) is 19.3. The van der Waals surface area contributed by atoms with Crippen LogP contribution >= 0.6 is 23.2 Å². The molecule has 0 unspecified atom stereocenters. The van der Waals surface area contributed by atoms with Gasteiger partial charge in [0.25, 0.3) is 11.1 Å². The van der Waals surface area contributed by atoms with Crippen molar-refractivity contribution in [1.29, 1.82) is 5.26 Å². The van der Waals surface area contributed by atoms with Crippen LogP contribution in [-0.2, 0) is 4.79 Å². The molecule has 1 amide bonds. The number of nitriles is 1. The molecule has 0 fully saturated rings. The number of anilines is 1. The monoisotopic (exact) mass is 493 g/mol. The maximum Gasteiger partial charge on any atom is 0.264 e. The van der Waals surface area contributed by atoms with E-state index in [0.29, 0.717) is 44.3 Å². The number of hydrogen-bond donors (Lipinski definition) is 3. The molecule has 0 bridgehead atoms. The molecule has 2 aromatic carbocycles. The van der Waals surface area contributed by atoms with Crippen molar-refractivity contribution in [2.24, 2.45) is 0 Å². The second-order valence-electron chi connectivity index (χ2n) is 7.35. The van der Waals surface area contributed by atoms with E-state index < -0.39 is 5.56 Å². The van der Waals surface area contributed by atoms with Crippen molar-refractivity contribution in [3.63, 3.8) is 0 Å². The Morgan fingerprint density at radius 2 is 1.85 bits per heavy atom. The van der Waals surface area contributed by atoms with Gasteiger partial charge in [0.15, 0.2) is 0 Å². The third kappa shape index (κ3) is 4.53. The molecular formula is C24H17Cl2N5O3. The summed E-state index contributed by atoms with van der Waals surface area (Å²) in [7, 11) is 0. The number of halogens is 2. The van der Waals surface area contributed by atoms with Gasteiger partial charge in [-0.3, -0.25) is 29.1 Å². The number of H-pyrrole nitrogens is 2. The number of rotatable bonds is 5. The maximum absolute atomic E-state index is 13.2. The van der Waals surface area contributed by atoms with E-state index in [-0.39, 0.29) is 22.9 Å². The first-order valence-electron chi connectivity index (χ1n) is 10.1. The number of aromatic amines is 2. The molecule has 0 atom stereocenters. The Morgan fingerprint density at radius 1 is 1.06 bits per heavy atom. The fourth-order valence-corrected chi connectivity index (χ4v) is 3.90. The molecule has 4 aromatic rings. The zero-order valence-electron chi connectivity index (χ0n) is 17.8. The van der Waals surface area contributed by atoms with E-state index in [2.05, 4.69) is 21.6 Å². The molecule has 3 N–H and O–H groups in total. The number of hydrogen-bond acceptors (Lipinski definition) is 4. The second-order valence-corrected chi connectivity index (χ2v) is 8.19. The lowest BCUT2D eigenvalue weighted by atomic mass is 10.0. The molecule has 8 nitrogen and oxygen atoms in total. The number of carbonyl (C=O) groups is 1. The van der Waals surface area contributed by atoms with Gasteiger partial charge in [-0.2, -0.15) is 5.26 Å². The summed E-state index contributed by atoms with van der Waals surface area (Å²) in [5, 5.41) is 18.1. The molecule has 34 heavy (non-hydrogen) atoms. The Hall–Kier alpha value is -4.06. The molecular weight excluding hydrogens is 477 g/mol. The first-order chi connectivity index (χ1) is 16.3. The summed E-state index contributed by atoms with van der Waals surface area (Å²) < 4.78 is 1.29. The Labute approximate surface area is 203 Å². The average molecular weight is 494 g/mol. The first kappa shape index (κ1) is 23.1. The van der Waals surface area contributed by atoms with Crippen LogP contribution in [0, 0.1) is 11.3 Å². The summed E-state index contributed by atoms with van der Waals surface area (Å²) in [6, 6.07) is 14.5. The Kier molecular flexibility index (Phi) is 6.41. The van der Waals surface area contributed by atoms with Gasteiger partial charge in [0.2, 0.25) is 5.91 Å². The van der Waals surface area contributed by atoms with Crippen LogP contribution in [-0.4, -0.2) is 20.7 Å². The summed E-state index contributed by atoms with van der Waals surface area (Å²) in [4.78, 5) is 36.9. The fraction of sp³-hybridized carbons (Fsp3) is 0.0833. The van der Waals surface area contributed by atoms with Gasteiger partial charge in [-0.25, -0.2) is 0 Å². The van der Waals surface area contributed by atoms with E-state index in [1.807, 2.05) is 0 Å². The lowest BCUT2D eigenvalue weighted by Gasteiger charge is -2.16. The van der Waals surface area contributed by atoms with Crippen molar-refractivity contribution >= 4 is 34.8 Å². The van der Waals surface area contributed by atoms with Crippen molar-refractivity contribution in [1.82, 2.24) is 14.8 Å². The van der Waals surface area contributed by atoms with Crippen LogP contribution in [0.1, 0.15) is 18.9 Å². The molecule has 0 spiro atoms. The number of nitrogens with one attached hydrogen (secondary N) is 3. The topological polar surface area (TPSA) is 124 Å². The number of nitrogens with zero attached hydrogens (tertiary/aromatic N) is 2. The Balaban J connectivity index is 1.91. The summed E-state index contributed by atoms with van der Waals surface area (Å²) in [5.74, 6) is -0.239. The van der Waals surface area contributed by atoms with Gasteiger partial charge >= 0.3 is 0 Å². The molecule has 0 aliphatic carbocycles. The highest BCUT2D eigenvalue weighted by Crippen LogP contribution is 2.33. The molecule has 4 rings (SSSR count). The number of benzene rings is 2. The van der Waals surface area contributed by atoms with E-state index in [4.69, 9.17) is 23.2 Å². The highest BCUT2D eigenvalue weighted by atomic mass is 35.5.